The summed E-state index contributed by atoms with van der Waals surface area (Å²) >= 11 is 0. The Bertz CT molecular complexity index is 871. The lowest BCUT2D eigenvalue weighted by Crippen LogP contribution is -2.53. The van der Waals surface area contributed by atoms with Gasteiger partial charge in [-0.3, -0.25) is 4.90 Å². The highest BCUT2D eigenvalue weighted by molar-refractivity contribution is 7.89. The highest BCUT2D eigenvalue weighted by atomic mass is 32.2. The number of nitrogens with zero attached hydrogens (tertiary/aromatic N) is 2. The molecular formula is C20H26N2O4S. The average Bonchev–Trinajstić information content (AvgIpc) is 2.69. The molecule has 6 nitrogen and oxygen atoms in total. The van der Waals surface area contributed by atoms with Crippen LogP contribution < -0.4 is 9.47 Å². The first-order valence-electron chi connectivity index (χ1n) is 8.96. The summed E-state index contributed by atoms with van der Waals surface area (Å²) in [4.78, 5) is 2.46. The third-order valence-electron chi connectivity index (χ3n) is 4.94. The molecule has 1 fully saturated rings. The Labute approximate surface area is 161 Å². The molecule has 146 valence electrons. The van der Waals surface area contributed by atoms with Crippen LogP contribution in [0.4, 0.5) is 0 Å². The van der Waals surface area contributed by atoms with E-state index in [4.69, 9.17) is 9.47 Å². The first-order chi connectivity index (χ1) is 13.0. The molecular weight excluding hydrogens is 364 g/mol. The minimum atomic E-state index is -3.66. The van der Waals surface area contributed by atoms with Crippen molar-refractivity contribution in [2.75, 3.05) is 33.9 Å². The molecule has 7 heteroatoms. The van der Waals surface area contributed by atoms with Gasteiger partial charge in [0.1, 0.15) is 16.4 Å². The number of piperazine rings is 1. The molecule has 0 aromatic heterocycles. The summed E-state index contributed by atoms with van der Waals surface area (Å²) in [5, 5.41) is 0. The normalized spacial score (nSPS) is 19.0. The van der Waals surface area contributed by atoms with Gasteiger partial charge in [0.25, 0.3) is 0 Å². The maximum absolute atomic E-state index is 13.2. The molecule has 0 amide bonds. The van der Waals surface area contributed by atoms with Crippen molar-refractivity contribution in [1.29, 1.82) is 0 Å². The summed E-state index contributed by atoms with van der Waals surface area (Å²) in [6.45, 7) is 4.45. The second-order valence-electron chi connectivity index (χ2n) is 6.68. The lowest BCUT2D eigenvalue weighted by atomic mass is 10.1. The molecule has 1 atom stereocenters. The molecule has 0 bridgehead atoms. The molecule has 1 saturated heterocycles. The number of rotatable bonds is 6. The minimum Gasteiger partial charge on any atom is -0.497 e. The van der Waals surface area contributed by atoms with Gasteiger partial charge >= 0.3 is 0 Å². The van der Waals surface area contributed by atoms with Gasteiger partial charge in [0.2, 0.25) is 10.0 Å². The van der Waals surface area contributed by atoms with E-state index in [1.807, 2.05) is 18.2 Å². The van der Waals surface area contributed by atoms with Gasteiger partial charge in [-0.2, -0.15) is 4.31 Å². The van der Waals surface area contributed by atoms with Gasteiger partial charge in [-0.05, 0) is 24.6 Å². The Morgan fingerprint density at radius 2 is 1.78 bits per heavy atom. The smallest absolute Gasteiger partial charge is 0.246 e. The average molecular weight is 391 g/mol. The van der Waals surface area contributed by atoms with Crippen LogP contribution in [0.15, 0.2) is 53.4 Å². The van der Waals surface area contributed by atoms with Gasteiger partial charge < -0.3 is 9.47 Å². The van der Waals surface area contributed by atoms with Gasteiger partial charge in [0.05, 0.1) is 14.2 Å². The molecule has 1 unspecified atom stereocenters. The molecule has 1 aliphatic rings. The van der Waals surface area contributed by atoms with E-state index in [1.54, 1.807) is 12.1 Å². The fourth-order valence-corrected chi connectivity index (χ4v) is 5.04. The predicted molar refractivity (Wildman–Crippen MR) is 105 cm³/mol. The summed E-state index contributed by atoms with van der Waals surface area (Å²) in [7, 11) is -0.675. The fourth-order valence-electron chi connectivity index (χ4n) is 3.36. The largest absolute Gasteiger partial charge is 0.497 e. The van der Waals surface area contributed by atoms with E-state index >= 15 is 0 Å². The van der Waals surface area contributed by atoms with Crippen LogP contribution in [0.1, 0.15) is 12.5 Å². The van der Waals surface area contributed by atoms with Crippen LogP contribution in [-0.4, -0.2) is 57.5 Å². The second-order valence-corrected chi connectivity index (χ2v) is 8.59. The quantitative estimate of drug-likeness (QED) is 0.759. The highest BCUT2D eigenvalue weighted by Gasteiger charge is 2.34. The lowest BCUT2D eigenvalue weighted by Gasteiger charge is -2.39. The van der Waals surface area contributed by atoms with Crippen molar-refractivity contribution in [2.45, 2.75) is 24.4 Å². The fraction of sp³-hybridized carbons (Fsp3) is 0.400. The number of benzene rings is 2. The second kappa shape index (κ2) is 8.29. The van der Waals surface area contributed by atoms with Crippen LogP contribution in [0.3, 0.4) is 0 Å². The number of hydrogen-bond donors (Lipinski definition) is 0. The topological polar surface area (TPSA) is 59.1 Å². The molecule has 2 aromatic carbocycles. The summed E-state index contributed by atoms with van der Waals surface area (Å²) < 4.78 is 38.4. The number of ether oxygens (including phenoxy) is 2. The lowest BCUT2D eigenvalue weighted by molar-refractivity contribution is 0.122. The van der Waals surface area contributed by atoms with Gasteiger partial charge in [0.15, 0.2) is 0 Å². The molecule has 1 heterocycles. The van der Waals surface area contributed by atoms with Crippen LogP contribution in [0.5, 0.6) is 11.5 Å². The van der Waals surface area contributed by atoms with Gasteiger partial charge in [-0.15, -0.1) is 0 Å². The Hall–Kier alpha value is -2.09. The van der Waals surface area contributed by atoms with Crippen molar-refractivity contribution in [3.05, 3.63) is 54.1 Å². The Morgan fingerprint density at radius 3 is 2.41 bits per heavy atom. The van der Waals surface area contributed by atoms with Crippen LogP contribution in [-0.2, 0) is 16.6 Å². The van der Waals surface area contributed by atoms with Crippen LogP contribution in [0.2, 0.25) is 0 Å². The van der Waals surface area contributed by atoms with Crippen LogP contribution in [0.25, 0.3) is 0 Å². The van der Waals surface area contributed by atoms with E-state index in [9.17, 15) is 8.42 Å². The monoisotopic (exact) mass is 390 g/mol. The van der Waals surface area contributed by atoms with Crippen molar-refractivity contribution in [3.63, 3.8) is 0 Å². The molecule has 3 rings (SSSR count). The first-order valence-corrected chi connectivity index (χ1v) is 10.4. The number of methoxy groups -OCH3 is 2. The Balaban J connectivity index is 1.78. The number of hydrogen-bond acceptors (Lipinski definition) is 5. The van der Waals surface area contributed by atoms with E-state index in [0.717, 1.165) is 6.54 Å². The zero-order valence-corrected chi connectivity index (χ0v) is 16.8. The van der Waals surface area contributed by atoms with Crippen LogP contribution >= 0.6 is 0 Å². The van der Waals surface area contributed by atoms with Crippen molar-refractivity contribution in [3.8, 4) is 11.5 Å². The van der Waals surface area contributed by atoms with E-state index < -0.39 is 10.0 Å². The number of sulfonamides is 1. The summed E-state index contributed by atoms with van der Waals surface area (Å²) in [6.07, 6.45) is 0. The summed E-state index contributed by atoms with van der Waals surface area (Å²) in [5.74, 6) is 0.820. The Morgan fingerprint density at radius 1 is 1.04 bits per heavy atom. The highest BCUT2D eigenvalue weighted by Crippen LogP contribution is 2.31. The first kappa shape index (κ1) is 19.7. The SMILES string of the molecule is COc1ccc(OC)c(S(=O)(=O)N2CCN(Cc3ccccc3)C(C)C2)c1. The molecule has 0 saturated carbocycles. The van der Waals surface area contributed by atoms with Crippen molar-refractivity contribution in [2.24, 2.45) is 0 Å². The van der Waals surface area contributed by atoms with Gasteiger partial charge in [0, 0.05) is 38.3 Å². The predicted octanol–water partition coefficient (Wildman–Crippen LogP) is 2.60. The third kappa shape index (κ3) is 4.26. The summed E-state index contributed by atoms with van der Waals surface area (Å²) in [6, 6.07) is 15.2. The summed E-state index contributed by atoms with van der Waals surface area (Å²) in [5.41, 5.74) is 1.23. The maximum Gasteiger partial charge on any atom is 0.246 e. The molecule has 2 aromatic rings. The molecule has 27 heavy (non-hydrogen) atoms. The van der Waals surface area contributed by atoms with Crippen LogP contribution in [0, 0.1) is 0 Å². The molecule has 0 spiro atoms. The Kier molecular flexibility index (Phi) is 6.04. The zero-order chi connectivity index (χ0) is 19.4. The van der Waals surface area contributed by atoms with Gasteiger partial charge in [-0.25, -0.2) is 8.42 Å². The zero-order valence-electron chi connectivity index (χ0n) is 16.0. The van der Waals surface area contributed by atoms with E-state index in [1.165, 1.54) is 30.2 Å². The molecule has 0 N–H and O–H groups in total. The minimum absolute atomic E-state index is 0.116. The van der Waals surface area contributed by atoms with Crippen molar-refractivity contribution >= 4 is 10.0 Å². The maximum atomic E-state index is 13.2. The molecule has 1 aliphatic heterocycles. The van der Waals surface area contributed by atoms with Crippen molar-refractivity contribution in [1.82, 2.24) is 9.21 Å². The van der Waals surface area contributed by atoms with E-state index in [0.29, 0.717) is 31.1 Å². The molecule has 0 radical (unpaired) electrons. The molecule has 0 aliphatic carbocycles. The van der Waals surface area contributed by atoms with E-state index in [2.05, 4.69) is 24.0 Å². The van der Waals surface area contributed by atoms with E-state index in [-0.39, 0.29) is 10.9 Å². The van der Waals surface area contributed by atoms with Gasteiger partial charge in [-0.1, -0.05) is 30.3 Å². The standard InChI is InChI=1S/C20H26N2O4S/c1-16-14-22(12-11-21(16)15-17-7-5-4-6-8-17)27(23,24)20-13-18(25-2)9-10-19(20)26-3/h4-10,13,16H,11-12,14-15H2,1-3H3. The van der Waals surface area contributed by atoms with Crippen molar-refractivity contribution < 1.29 is 17.9 Å². The third-order valence-corrected chi connectivity index (χ3v) is 6.83.